The smallest absolute Gasteiger partial charge is 0.308 e. The van der Waals surface area contributed by atoms with Crippen LogP contribution < -0.4 is 0 Å². The maximum Gasteiger partial charge on any atom is 0.416 e. The number of fused-ring (bicyclic) bond motifs is 6. The minimum atomic E-state index is -5.45. The van der Waals surface area contributed by atoms with Crippen LogP contribution in [0.5, 0.6) is 0 Å². The molecule has 31 heteroatoms. The molecule has 0 aliphatic rings. The quantitative estimate of drug-likeness (QED) is 0.149. The third-order valence-electron chi connectivity index (χ3n) is 16.7. The van der Waals surface area contributed by atoms with E-state index < -0.39 is 178 Å². The number of nitriles is 2. The van der Waals surface area contributed by atoms with Crippen LogP contribution in [0.15, 0.2) is 176 Å². The van der Waals surface area contributed by atoms with Crippen molar-refractivity contribution in [2.24, 2.45) is 0 Å². The molecule has 0 amide bonds. The second-order valence-electron chi connectivity index (χ2n) is 23.1. The molecule has 0 bridgehead atoms. The monoisotopic (exact) mass is 1450 g/mol. The molecular formula is C71H29F27N4. The van der Waals surface area contributed by atoms with Crippen molar-refractivity contribution in [3.8, 4) is 79.1 Å². The number of halogens is 27. The maximum absolute atomic E-state index is 14.4. The molecule has 0 saturated heterocycles. The minimum Gasteiger partial charge on any atom is -0.308 e. The largest absolute Gasteiger partial charge is 0.416 e. The van der Waals surface area contributed by atoms with E-state index in [1.165, 1.54) is 0 Å². The van der Waals surface area contributed by atoms with E-state index in [0.29, 0.717) is 60.7 Å². The summed E-state index contributed by atoms with van der Waals surface area (Å²) in [6.45, 7) is 0. The second kappa shape index (κ2) is 23.8. The highest BCUT2D eigenvalue weighted by Gasteiger charge is 2.42. The first-order valence-corrected chi connectivity index (χ1v) is 28.7. The van der Waals surface area contributed by atoms with Crippen LogP contribution in [0.25, 0.3) is 111 Å². The minimum absolute atomic E-state index is 0.214. The van der Waals surface area contributed by atoms with Crippen molar-refractivity contribution in [3.63, 3.8) is 0 Å². The van der Waals surface area contributed by atoms with E-state index >= 15 is 0 Å². The van der Waals surface area contributed by atoms with Gasteiger partial charge in [0.05, 0.1) is 95.1 Å². The topological polar surface area (TPSA) is 57.4 Å². The number of benzene rings is 10. The molecule has 2 aromatic heterocycles. The Kier molecular flexibility index (Phi) is 16.5. The lowest BCUT2D eigenvalue weighted by Gasteiger charge is -2.19. The van der Waals surface area contributed by atoms with Crippen LogP contribution in [-0.4, -0.2) is 9.13 Å². The Bertz CT molecular complexity index is 4840. The molecule has 2 heterocycles. The Labute approximate surface area is 552 Å². The van der Waals surface area contributed by atoms with Gasteiger partial charge in [-0.1, -0.05) is 30.3 Å². The fourth-order valence-corrected chi connectivity index (χ4v) is 12.1. The molecule has 0 aliphatic heterocycles. The molecule has 0 spiro atoms. The highest BCUT2D eigenvalue weighted by atomic mass is 19.4. The molecule has 0 N–H and O–H groups in total. The van der Waals surface area contributed by atoms with Gasteiger partial charge >= 0.3 is 55.6 Å². The lowest BCUT2D eigenvalue weighted by Crippen LogP contribution is -2.11. The first kappa shape index (κ1) is 70.7. The molecule has 12 aromatic rings. The Morgan fingerprint density at radius 1 is 0.216 bits per heavy atom. The summed E-state index contributed by atoms with van der Waals surface area (Å²) in [5.41, 5.74) is -25.6. The molecule has 0 atom stereocenters. The molecule has 0 fully saturated rings. The van der Waals surface area contributed by atoms with Crippen LogP contribution >= 0.6 is 0 Å². The van der Waals surface area contributed by atoms with Gasteiger partial charge in [0, 0.05) is 21.5 Å². The predicted molar refractivity (Wildman–Crippen MR) is 317 cm³/mol. The summed E-state index contributed by atoms with van der Waals surface area (Å²) in [6.07, 6.45) is -48.8. The van der Waals surface area contributed by atoms with Gasteiger partial charge in [-0.3, -0.25) is 0 Å². The van der Waals surface area contributed by atoms with Crippen LogP contribution in [0.1, 0.15) is 61.2 Å². The molecule has 0 aliphatic carbocycles. The van der Waals surface area contributed by atoms with Crippen LogP contribution in [0.2, 0.25) is 0 Å². The van der Waals surface area contributed by atoms with Crippen LogP contribution in [-0.2, 0) is 55.6 Å². The Morgan fingerprint density at radius 2 is 0.451 bits per heavy atom. The van der Waals surface area contributed by atoms with E-state index in [0.717, 1.165) is 100 Å². The number of hydrogen-bond acceptors (Lipinski definition) is 2. The van der Waals surface area contributed by atoms with Crippen molar-refractivity contribution in [2.45, 2.75) is 55.6 Å². The average Bonchev–Trinajstić information content (AvgIpc) is 1.55. The highest BCUT2D eigenvalue weighted by Crippen LogP contribution is 2.49. The van der Waals surface area contributed by atoms with Gasteiger partial charge in [-0.15, -0.1) is 0 Å². The summed E-state index contributed by atoms with van der Waals surface area (Å²) < 4.78 is 391. The zero-order valence-corrected chi connectivity index (χ0v) is 49.7. The summed E-state index contributed by atoms with van der Waals surface area (Å²) in [6, 6.07) is 20.6. The molecule has 0 radical (unpaired) electrons. The first-order valence-electron chi connectivity index (χ1n) is 28.7. The Hall–Kier alpha value is -11.1. The molecule has 0 unspecified atom stereocenters. The standard InChI is InChI=1S/C71H29F27N4/c72-63(73,74)42-5-6-51(41(19-42)30-99)40-24-61(101-57-7-1-32(36-11-43(64(75,76)77)26-44(12-36)65(78,79)80)20-52(57)53-21-33(2-8-58(53)101)37-13-45(66(81,82)83)27-46(14-37)67(84,85)86)56(31-100)62(25-40)102-59-9-3-34(38-15-47(68(87,88)89)28-48(16-38)69(90,91)92)22-54(59)55-23-35(4-10-60(55)102)39-17-49(70(93,94)95)29-50(18-39)71(96,97)98/h1-29H. The van der Waals surface area contributed by atoms with Gasteiger partial charge in [0.1, 0.15) is 11.6 Å². The molecule has 0 saturated carbocycles. The van der Waals surface area contributed by atoms with Gasteiger partial charge in [0.25, 0.3) is 0 Å². The van der Waals surface area contributed by atoms with Crippen LogP contribution in [0.3, 0.4) is 0 Å². The highest BCUT2D eigenvalue weighted by molar-refractivity contribution is 6.14. The van der Waals surface area contributed by atoms with E-state index in [9.17, 15) is 129 Å². The van der Waals surface area contributed by atoms with Crippen molar-refractivity contribution in [1.82, 2.24) is 9.13 Å². The summed E-state index contributed by atoms with van der Waals surface area (Å²) in [7, 11) is 0. The van der Waals surface area contributed by atoms with Crippen molar-refractivity contribution < 1.29 is 119 Å². The second-order valence-corrected chi connectivity index (χ2v) is 23.1. The predicted octanol–water partition coefficient (Wildman–Crippen LogP) is 25.1. The number of hydrogen-bond donors (Lipinski definition) is 0. The molecule has 522 valence electrons. The fraction of sp³-hybridized carbons (Fsp3) is 0.127. The molecule has 102 heavy (non-hydrogen) atoms. The fourth-order valence-electron chi connectivity index (χ4n) is 12.1. The van der Waals surface area contributed by atoms with E-state index in [1.54, 1.807) is 6.07 Å². The average molecular weight is 1450 g/mol. The van der Waals surface area contributed by atoms with Crippen molar-refractivity contribution in [3.05, 3.63) is 237 Å². The molecule has 12 rings (SSSR count). The summed E-state index contributed by atoms with van der Waals surface area (Å²) in [5, 5.41) is 20.9. The van der Waals surface area contributed by atoms with Gasteiger partial charge in [-0.05, 0) is 201 Å². The lowest BCUT2D eigenvalue weighted by atomic mass is 9.95. The SMILES string of the molecule is N#Cc1cc(C(F)(F)F)ccc1-c1cc(-n2c3ccc(-c4cc(C(F)(F)F)cc(C(F)(F)F)c4)cc3c3cc(-c4cc(C(F)(F)F)cc(C(F)(F)F)c4)ccc32)c(C#N)c(-n2c3ccc(-c4cc(C(F)(F)F)cc(C(F)(F)F)c4)cc3c3cc(-c4cc(C(F)(F)F)cc(C(F)(F)F)c4)ccc32)c1. The normalized spacial score (nSPS) is 13.2. The Balaban J connectivity index is 1.23. The number of aromatic nitrogens is 2. The number of alkyl halides is 27. The van der Waals surface area contributed by atoms with Gasteiger partial charge in [0.2, 0.25) is 0 Å². The first-order chi connectivity index (χ1) is 47.1. The van der Waals surface area contributed by atoms with Crippen molar-refractivity contribution in [1.29, 1.82) is 10.5 Å². The number of rotatable bonds is 7. The zero-order valence-electron chi connectivity index (χ0n) is 49.7. The van der Waals surface area contributed by atoms with E-state index in [2.05, 4.69) is 0 Å². The maximum atomic E-state index is 14.4. The van der Waals surface area contributed by atoms with Crippen LogP contribution in [0.4, 0.5) is 119 Å². The van der Waals surface area contributed by atoms with Gasteiger partial charge in [-0.2, -0.15) is 129 Å². The Morgan fingerprint density at radius 3 is 0.657 bits per heavy atom. The van der Waals surface area contributed by atoms with E-state index in [1.807, 2.05) is 6.07 Å². The third-order valence-corrected chi connectivity index (χ3v) is 16.7. The molecular weight excluding hydrogens is 1420 g/mol. The summed E-state index contributed by atoms with van der Waals surface area (Å²) >= 11 is 0. The lowest BCUT2D eigenvalue weighted by molar-refractivity contribution is -0.144. The number of nitrogens with zero attached hydrogens (tertiary/aromatic N) is 4. The third kappa shape index (κ3) is 13.2. The summed E-state index contributed by atoms with van der Waals surface area (Å²) in [4.78, 5) is 0. The van der Waals surface area contributed by atoms with E-state index in [4.69, 9.17) is 0 Å². The molecule has 4 nitrogen and oxygen atoms in total. The summed E-state index contributed by atoms with van der Waals surface area (Å²) in [5.74, 6) is 0. The van der Waals surface area contributed by atoms with Gasteiger partial charge < -0.3 is 9.13 Å². The molecule has 10 aromatic carbocycles. The van der Waals surface area contributed by atoms with Gasteiger partial charge in [0.15, 0.2) is 0 Å². The van der Waals surface area contributed by atoms with E-state index in [-0.39, 0.29) is 73.4 Å². The van der Waals surface area contributed by atoms with Crippen LogP contribution in [0, 0.1) is 22.7 Å². The zero-order chi connectivity index (χ0) is 74.5. The van der Waals surface area contributed by atoms with Gasteiger partial charge in [-0.25, -0.2) is 0 Å². The van der Waals surface area contributed by atoms with Crippen molar-refractivity contribution >= 4 is 43.6 Å². The van der Waals surface area contributed by atoms with Crippen molar-refractivity contribution in [2.75, 3.05) is 0 Å².